The van der Waals surface area contributed by atoms with Gasteiger partial charge < -0.3 is 14.4 Å². The fourth-order valence-corrected chi connectivity index (χ4v) is 4.18. The average Bonchev–Trinajstić information content (AvgIpc) is 3.11. The second-order valence-electron chi connectivity index (χ2n) is 8.44. The van der Waals surface area contributed by atoms with E-state index in [0.717, 1.165) is 24.8 Å². The van der Waals surface area contributed by atoms with Crippen molar-refractivity contribution in [2.24, 2.45) is 5.92 Å². The molecule has 1 aromatic carbocycles. The molecule has 2 fully saturated rings. The molecule has 4 rings (SSSR count). The summed E-state index contributed by atoms with van der Waals surface area (Å²) in [6, 6.07) is 6.29. The standard InChI is InChI=1S/C24H28F2N2O3/c1-3-30-23(29)11-16-7-8-28(14-16)24-19(25)12-17(13-20(24)26)21-9-15(2)10-22(27-21)31-18-5-4-6-18/h9-10,12-13,16,18H,3-8,11,14H2,1-2H3. The highest BCUT2D eigenvalue weighted by Crippen LogP contribution is 2.34. The van der Waals surface area contributed by atoms with Gasteiger partial charge >= 0.3 is 5.97 Å². The van der Waals surface area contributed by atoms with Gasteiger partial charge in [0.1, 0.15) is 23.4 Å². The van der Waals surface area contributed by atoms with Gasteiger partial charge in [-0.3, -0.25) is 4.79 Å². The van der Waals surface area contributed by atoms with Gasteiger partial charge in [0.2, 0.25) is 5.88 Å². The van der Waals surface area contributed by atoms with Crippen molar-refractivity contribution in [1.82, 2.24) is 4.98 Å². The fraction of sp³-hybridized carbons (Fsp3) is 0.500. The molecule has 5 nitrogen and oxygen atoms in total. The van der Waals surface area contributed by atoms with E-state index in [9.17, 15) is 4.79 Å². The van der Waals surface area contributed by atoms with Gasteiger partial charge in [0.25, 0.3) is 0 Å². The quantitative estimate of drug-likeness (QED) is 0.576. The first-order valence-corrected chi connectivity index (χ1v) is 11.0. The van der Waals surface area contributed by atoms with Gasteiger partial charge in [0.05, 0.1) is 18.7 Å². The van der Waals surface area contributed by atoms with Crippen LogP contribution in [0.15, 0.2) is 24.3 Å². The second-order valence-corrected chi connectivity index (χ2v) is 8.44. The molecule has 1 unspecified atom stereocenters. The molecule has 2 aromatic rings. The number of pyridine rings is 1. The molecule has 1 aliphatic heterocycles. The van der Waals surface area contributed by atoms with E-state index in [4.69, 9.17) is 9.47 Å². The zero-order valence-corrected chi connectivity index (χ0v) is 18.0. The van der Waals surface area contributed by atoms with Crippen molar-refractivity contribution in [1.29, 1.82) is 0 Å². The Labute approximate surface area is 181 Å². The number of rotatable bonds is 7. The number of halogens is 2. The van der Waals surface area contributed by atoms with Crippen LogP contribution in [0, 0.1) is 24.5 Å². The number of aromatic nitrogens is 1. The van der Waals surface area contributed by atoms with Crippen LogP contribution >= 0.6 is 0 Å². The van der Waals surface area contributed by atoms with Crippen LogP contribution in [0.1, 0.15) is 44.6 Å². The molecule has 2 heterocycles. The van der Waals surface area contributed by atoms with Crippen molar-refractivity contribution in [2.75, 3.05) is 24.6 Å². The van der Waals surface area contributed by atoms with E-state index in [2.05, 4.69) is 4.98 Å². The van der Waals surface area contributed by atoms with E-state index in [1.54, 1.807) is 17.9 Å². The number of hydrogen-bond acceptors (Lipinski definition) is 5. The molecule has 0 spiro atoms. The Bertz CT molecular complexity index is 939. The molecular formula is C24H28F2N2O3. The summed E-state index contributed by atoms with van der Waals surface area (Å²) in [5.41, 5.74) is 1.74. The number of benzene rings is 1. The summed E-state index contributed by atoms with van der Waals surface area (Å²) < 4.78 is 40.9. The van der Waals surface area contributed by atoms with Gasteiger partial charge in [0, 0.05) is 24.7 Å². The first-order valence-electron chi connectivity index (χ1n) is 11.0. The molecule has 1 saturated carbocycles. The normalized spacial score (nSPS) is 18.7. The summed E-state index contributed by atoms with van der Waals surface area (Å²) in [5, 5.41) is 0. The molecule has 1 saturated heterocycles. The molecule has 0 N–H and O–H groups in total. The lowest BCUT2D eigenvalue weighted by Crippen LogP contribution is -2.25. The van der Waals surface area contributed by atoms with Gasteiger partial charge in [-0.25, -0.2) is 13.8 Å². The number of ether oxygens (including phenoxy) is 2. The molecule has 1 aromatic heterocycles. The van der Waals surface area contributed by atoms with Crippen molar-refractivity contribution in [2.45, 2.75) is 52.1 Å². The van der Waals surface area contributed by atoms with Crippen molar-refractivity contribution < 1.29 is 23.0 Å². The molecule has 0 amide bonds. The van der Waals surface area contributed by atoms with Gasteiger partial charge in [-0.15, -0.1) is 0 Å². The third kappa shape index (κ3) is 4.97. The van der Waals surface area contributed by atoms with Crippen molar-refractivity contribution in [3.63, 3.8) is 0 Å². The van der Waals surface area contributed by atoms with Gasteiger partial charge in [-0.2, -0.15) is 0 Å². The highest BCUT2D eigenvalue weighted by Gasteiger charge is 2.29. The Hall–Kier alpha value is -2.70. The summed E-state index contributed by atoms with van der Waals surface area (Å²) in [4.78, 5) is 17.9. The summed E-state index contributed by atoms with van der Waals surface area (Å²) in [7, 11) is 0. The highest BCUT2D eigenvalue weighted by molar-refractivity contribution is 5.70. The van der Waals surface area contributed by atoms with Crippen LogP contribution in [0.4, 0.5) is 14.5 Å². The predicted molar refractivity (Wildman–Crippen MR) is 114 cm³/mol. The third-order valence-electron chi connectivity index (χ3n) is 5.96. The van der Waals surface area contributed by atoms with Crippen molar-refractivity contribution >= 4 is 11.7 Å². The van der Waals surface area contributed by atoms with Gasteiger partial charge in [-0.05, 0) is 69.2 Å². The molecule has 166 valence electrons. The number of carbonyl (C=O) groups is 1. The van der Waals surface area contributed by atoms with E-state index in [-0.39, 0.29) is 30.1 Å². The Morgan fingerprint density at radius 3 is 2.55 bits per heavy atom. The van der Waals surface area contributed by atoms with Crippen molar-refractivity contribution in [3.05, 3.63) is 41.5 Å². The maximum atomic E-state index is 15.0. The number of nitrogens with zero attached hydrogens (tertiary/aromatic N) is 2. The monoisotopic (exact) mass is 430 g/mol. The predicted octanol–water partition coefficient (Wildman–Crippen LogP) is 5.05. The van der Waals surface area contributed by atoms with Crippen LogP contribution in [0.25, 0.3) is 11.3 Å². The maximum absolute atomic E-state index is 15.0. The van der Waals surface area contributed by atoms with E-state index in [1.165, 1.54) is 12.1 Å². The highest BCUT2D eigenvalue weighted by atomic mass is 19.1. The van der Waals surface area contributed by atoms with Crippen LogP contribution in [0.5, 0.6) is 5.88 Å². The molecule has 2 aliphatic rings. The maximum Gasteiger partial charge on any atom is 0.306 e. The smallest absolute Gasteiger partial charge is 0.306 e. The summed E-state index contributed by atoms with van der Waals surface area (Å²) in [6.07, 6.45) is 4.31. The van der Waals surface area contributed by atoms with Gasteiger partial charge in [0.15, 0.2) is 0 Å². The Morgan fingerprint density at radius 2 is 1.90 bits per heavy atom. The fourth-order valence-electron chi connectivity index (χ4n) is 4.18. The van der Waals surface area contributed by atoms with Crippen LogP contribution in [0.2, 0.25) is 0 Å². The van der Waals surface area contributed by atoms with Crippen LogP contribution < -0.4 is 9.64 Å². The van der Waals surface area contributed by atoms with E-state index in [1.807, 2.05) is 13.0 Å². The Morgan fingerprint density at radius 1 is 1.16 bits per heavy atom. The number of carbonyl (C=O) groups excluding carboxylic acids is 1. The molecule has 1 atom stereocenters. The zero-order valence-electron chi connectivity index (χ0n) is 18.0. The SMILES string of the molecule is CCOC(=O)CC1CCN(c2c(F)cc(-c3cc(C)cc(OC4CCC4)n3)cc2F)C1. The lowest BCUT2D eigenvalue weighted by atomic mass is 9.96. The lowest BCUT2D eigenvalue weighted by molar-refractivity contribution is -0.144. The number of esters is 1. The van der Waals surface area contributed by atoms with Crippen molar-refractivity contribution in [3.8, 4) is 17.1 Å². The molecular weight excluding hydrogens is 402 g/mol. The van der Waals surface area contributed by atoms with Gasteiger partial charge in [-0.1, -0.05) is 0 Å². The minimum Gasteiger partial charge on any atom is -0.474 e. The number of hydrogen-bond donors (Lipinski definition) is 0. The molecule has 31 heavy (non-hydrogen) atoms. The van der Waals surface area contributed by atoms with E-state index < -0.39 is 11.6 Å². The van der Waals surface area contributed by atoms with Crippen LogP contribution in [-0.4, -0.2) is 36.8 Å². The van der Waals surface area contributed by atoms with E-state index >= 15 is 8.78 Å². The summed E-state index contributed by atoms with van der Waals surface area (Å²) in [5.74, 6) is -1.00. The summed E-state index contributed by atoms with van der Waals surface area (Å²) >= 11 is 0. The minimum absolute atomic E-state index is 0.0298. The summed E-state index contributed by atoms with van der Waals surface area (Å²) in [6.45, 7) is 4.93. The van der Waals surface area contributed by atoms with E-state index in [0.29, 0.717) is 43.3 Å². The largest absolute Gasteiger partial charge is 0.474 e. The third-order valence-corrected chi connectivity index (χ3v) is 5.96. The second kappa shape index (κ2) is 9.20. The first kappa shape index (κ1) is 21.5. The Kier molecular flexibility index (Phi) is 6.39. The molecule has 1 aliphatic carbocycles. The lowest BCUT2D eigenvalue weighted by Gasteiger charge is -2.26. The molecule has 0 bridgehead atoms. The van der Waals surface area contributed by atoms with Crippen LogP contribution in [-0.2, 0) is 9.53 Å². The molecule has 7 heteroatoms. The molecule has 0 radical (unpaired) electrons. The zero-order chi connectivity index (χ0) is 22.0. The minimum atomic E-state index is -0.628. The Balaban J connectivity index is 1.52. The topological polar surface area (TPSA) is 51.7 Å². The number of aryl methyl sites for hydroxylation is 1. The number of anilines is 1. The van der Waals surface area contributed by atoms with Crippen LogP contribution in [0.3, 0.4) is 0 Å². The average molecular weight is 430 g/mol. The first-order chi connectivity index (χ1) is 14.9.